The Kier molecular flexibility index (Phi) is 3.73. The summed E-state index contributed by atoms with van der Waals surface area (Å²) in [5, 5.41) is 9.97. The molecule has 0 spiro atoms. The van der Waals surface area contributed by atoms with Crippen molar-refractivity contribution in [1.29, 1.82) is 0 Å². The third-order valence-electron chi connectivity index (χ3n) is 4.53. The molecule has 2 aromatic carbocycles. The van der Waals surface area contributed by atoms with E-state index in [4.69, 9.17) is 4.74 Å². The molecule has 2 aromatic rings. The van der Waals surface area contributed by atoms with Crippen molar-refractivity contribution >= 4 is 0 Å². The van der Waals surface area contributed by atoms with E-state index < -0.39 is 0 Å². The van der Waals surface area contributed by atoms with E-state index in [1.807, 2.05) is 0 Å². The molecule has 1 atom stereocenters. The molecule has 0 fully saturated rings. The van der Waals surface area contributed by atoms with Crippen LogP contribution in [0.5, 0.6) is 5.75 Å². The second kappa shape index (κ2) is 5.44. The maximum absolute atomic E-state index is 9.97. The van der Waals surface area contributed by atoms with E-state index in [0.29, 0.717) is 0 Å². The van der Waals surface area contributed by atoms with Crippen molar-refractivity contribution in [2.75, 3.05) is 7.11 Å². The Hall–Kier alpha value is -1.80. The minimum atomic E-state index is -0.299. The Bertz CT molecular complexity index is 695. The molecule has 0 bridgehead atoms. The number of para-hydroxylation sites is 1. The monoisotopic (exact) mass is 296 g/mol. The van der Waals surface area contributed by atoms with Crippen molar-refractivity contribution in [3.8, 4) is 16.9 Å². The fraction of sp³-hybridized carbons (Fsp3) is 0.400. The Morgan fingerprint density at radius 3 is 2.59 bits per heavy atom. The van der Waals surface area contributed by atoms with Crippen LogP contribution < -0.4 is 4.74 Å². The summed E-state index contributed by atoms with van der Waals surface area (Å²) in [5.74, 6) is 0.952. The molecule has 2 nitrogen and oxygen atoms in total. The number of hydrogen-bond acceptors (Lipinski definition) is 2. The van der Waals surface area contributed by atoms with Crippen molar-refractivity contribution in [3.05, 3.63) is 53.1 Å². The molecule has 2 heteroatoms. The van der Waals surface area contributed by atoms with Gasteiger partial charge in [-0.3, -0.25) is 0 Å². The number of fused-ring (bicyclic) bond motifs is 1. The smallest absolute Gasteiger partial charge is 0.130 e. The first-order chi connectivity index (χ1) is 10.4. The predicted octanol–water partition coefficient (Wildman–Crippen LogP) is 4.64. The Labute approximate surface area is 132 Å². The molecule has 3 rings (SSSR count). The summed E-state index contributed by atoms with van der Waals surface area (Å²) in [4.78, 5) is 0. The van der Waals surface area contributed by atoms with Crippen LogP contribution in [-0.4, -0.2) is 12.2 Å². The number of methoxy groups -OCH3 is 1. The highest BCUT2D eigenvalue weighted by molar-refractivity contribution is 5.74. The van der Waals surface area contributed by atoms with E-state index in [2.05, 4.69) is 57.2 Å². The molecule has 0 saturated heterocycles. The Balaban J connectivity index is 2.13. The van der Waals surface area contributed by atoms with Crippen molar-refractivity contribution in [1.82, 2.24) is 0 Å². The number of hydrogen-bond donors (Lipinski definition) is 1. The number of aliphatic hydroxyl groups excluding tert-OH is 1. The van der Waals surface area contributed by atoms with Crippen molar-refractivity contribution in [2.24, 2.45) is 0 Å². The summed E-state index contributed by atoms with van der Waals surface area (Å²) in [6.07, 6.45) is 1.48. The topological polar surface area (TPSA) is 29.5 Å². The molecule has 0 saturated carbocycles. The lowest BCUT2D eigenvalue weighted by molar-refractivity contribution is 0.180. The largest absolute Gasteiger partial charge is 0.496 e. The maximum atomic E-state index is 9.97. The molecule has 1 unspecified atom stereocenters. The number of rotatable bonds is 2. The SMILES string of the molecule is COc1c(-c2ccc3c(c2)CCC3O)cccc1C(C)(C)C. The second-order valence-corrected chi connectivity index (χ2v) is 7.10. The molecule has 1 N–H and O–H groups in total. The minimum absolute atomic E-state index is 0.0360. The third-order valence-corrected chi connectivity index (χ3v) is 4.53. The van der Waals surface area contributed by atoms with Gasteiger partial charge in [-0.15, -0.1) is 0 Å². The molecule has 22 heavy (non-hydrogen) atoms. The highest BCUT2D eigenvalue weighted by Crippen LogP contribution is 2.41. The van der Waals surface area contributed by atoms with Gasteiger partial charge in [0.1, 0.15) is 5.75 Å². The van der Waals surface area contributed by atoms with Gasteiger partial charge in [0.05, 0.1) is 13.2 Å². The fourth-order valence-corrected chi connectivity index (χ4v) is 3.34. The first-order valence-electron chi connectivity index (χ1n) is 7.90. The zero-order valence-electron chi connectivity index (χ0n) is 13.8. The van der Waals surface area contributed by atoms with Crippen LogP contribution >= 0.6 is 0 Å². The van der Waals surface area contributed by atoms with Gasteiger partial charge in [-0.05, 0) is 34.9 Å². The van der Waals surface area contributed by atoms with E-state index in [1.165, 1.54) is 11.1 Å². The van der Waals surface area contributed by atoms with Crippen molar-refractivity contribution in [2.45, 2.75) is 45.1 Å². The van der Waals surface area contributed by atoms with Crippen LogP contribution in [0.15, 0.2) is 36.4 Å². The average Bonchev–Trinajstić information content (AvgIpc) is 2.86. The van der Waals surface area contributed by atoms with E-state index in [0.717, 1.165) is 35.3 Å². The summed E-state index contributed by atoms with van der Waals surface area (Å²) < 4.78 is 5.75. The highest BCUT2D eigenvalue weighted by Gasteiger charge is 2.23. The minimum Gasteiger partial charge on any atom is -0.496 e. The summed E-state index contributed by atoms with van der Waals surface area (Å²) in [5.41, 5.74) is 5.87. The van der Waals surface area contributed by atoms with Crippen molar-refractivity contribution < 1.29 is 9.84 Å². The molecule has 0 aromatic heterocycles. The third kappa shape index (κ3) is 2.52. The molecule has 0 radical (unpaired) electrons. The van der Waals surface area contributed by atoms with Crippen LogP contribution in [0.1, 0.15) is 50.0 Å². The summed E-state index contributed by atoms with van der Waals surface area (Å²) in [6, 6.07) is 12.7. The quantitative estimate of drug-likeness (QED) is 0.875. The lowest BCUT2D eigenvalue weighted by Gasteiger charge is -2.24. The Morgan fingerprint density at radius 1 is 1.14 bits per heavy atom. The molecule has 0 heterocycles. The van der Waals surface area contributed by atoms with Crippen LogP contribution in [-0.2, 0) is 11.8 Å². The first kappa shape index (κ1) is 15.1. The molecule has 1 aliphatic carbocycles. The number of aliphatic hydroxyl groups is 1. The van der Waals surface area contributed by atoms with Crippen molar-refractivity contribution in [3.63, 3.8) is 0 Å². The number of benzene rings is 2. The Morgan fingerprint density at radius 2 is 1.91 bits per heavy atom. The standard InChI is InChI=1S/C20H24O2/c1-20(2,3)17-7-5-6-16(19(17)22-4)14-8-10-15-13(12-14)9-11-18(15)21/h5-8,10,12,18,21H,9,11H2,1-4H3. The van der Waals surface area contributed by atoms with Gasteiger partial charge < -0.3 is 9.84 Å². The molecular weight excluding hydrogens is 272 g/mol. The maximum Gasteiger partial charge on any atom is 0.130 e. The van der Waals surface area contributed by atoms with Crippen LogP contribution in [0.3, 0.4) is 0 Å². The molecule has 1 aliphatic rings. The zero-order valence-corrected chi connectivity index (χ0v) is 13.8. The van der Waals surface area contributed by atoms with Gasteiger partial charge in [0.2, 0.25) is 0 Å². The van der Waals surface area contributed by atoms with Gasteiger partial charge in [-0.2, -0.15) is 0 Å². The second-order valence-electron chi connectivity index (χ2n) is 7.10. The van der Waals surface area contributed by atoms with E-state index >= 15 is 0 Å². The van der Waals surface area contributed by atoms with Crippen LogP contribution in [0.2, 0.25) is 0 Å². The average molecular weight is 296 g/mol. The molecule has 0 aliphatic heterocycles. The summed E-state index contributed by atoms with van der Waals surface area (Å²) in [6.45, 7) is 6.61. The van der Waals surface area contributed by atoms with E-state index in [-0.39, 0.29) is 11.5 Å². The van der Waals surface area contributed by atoms with Gasteiger partial charge in [-0.25, -0.2) is 0 Å². The lowest BCUT2D eigenvalue weighted by atomic mass is 9.84. The molecule has 0 amide bonds. The summed E-state index contributed by atoms with van der Waals surface area (Å²) >= 11 is 0. The number of ether oxygens (including phenoxy) is 1. The summed E-state index contributed by atoms with van der Waals surface area (Å²) in [7, 11) is 1.74. The van der Waals surface area contributed by atoms with Crippen LogP contribution in [0.25, 0.3) is 11.1 Å². The van der Waals surface area contributed by atoms with E-state index in [9.17, 15) is 5.11 Å². The zero-order chi connectivity index (χ0) is 15.9. The van der Waals surface area contributed by atoms with E-state index in [1.54, 1.807) is 7.11 Å². The van der Waals surface area contributed by atoms with Gasteiger partial charge in [0.15, 0.2) is 0 Å². The van der Waals surface area contributed by atoms with Gasteiger partial charge >= 0.3 is 0 Å². The fourth-order valence-electron chi connectivity index (χ4n) is 3.34. The lowest BCUT2D eigenvalue weighted by Crippen LogP contribution is -2.13. The van der Waals surface area contributed by atoms with Gasteiger partial charge in [0.25, 0.3) is 0 Å². The van der Waals surface area contributed by atoms with Gasteiger partial charge in [-0.1, -0.05) is 57.2 Å². The highest BCUT2D eigenvalue weighted by atomic mass is 16.5. The molecule has 116 valence electrons. The number of aryl methyl sites for hydroxylation is 1. The van der Waals surface area contributed by atoms with Gasteiger partial charge in [0, 0.05) is 11.1 Å². The van der Waals surface area contributed by atoms with Crippen LogP contribution in [0.4, 0.5) is 0 Å². The normalized spacial score (nSPS) is 17.4. The molecular formula is C20H24O2. The first-order valence-corrected chi connectivity index (χ1v) is 7.90. The predicted molar refractivity (Wildman–Crippen MR) is 90.4 cm³/mol. The van der Waals surface area contributed by atoms with Crippen LogP contribution in [0, 0.1) is 0 Å².